The third-order valence-electron chi connectivity index (χ3n) is 3.75. The zero-order chi connectivity index (χ0) is 15.4. The summed E-state index contributed by atoms with van der Waals surface area (Å²) in [5, 5.41) is 5.71. The Balaban J connectivity index is 2.32. The molecule has 0 fully saturated rings. The van der Waals surface area contributed by atoms with Crippen LogP contribution in [0, 0.1) is 0 Å². The second kappa shape index (κ2) is 6.21. The Kier molecular flexibility index (Phi) is 4.13. The zero-order valence-corrected chi connectivity index (χ0v) is 13.3. The lowest BCUT2D eigenvalue weighted by Crippen LogP contribution is -2.26. The van der Waals surface area contributed by atoms with Crippen molar-refractivity contribution in [2.45, 2.75) is 0 Å². The van der Waals surface area contributed by atoms with Crippen molar-refractivity contribution >= 4 is 28.7 Å². The molecular weight excluding hydrogens is 289 g/mol. The van der Waals surface area contributed by atoms with Crippen molar-refractivity contribution in [3.63, 3.8) is 0 Å². The lowest BCUT2D eigenvalue weighted by Gasteiger charge is -2.22. The van der Waals surface area contributed by atoms with Gasteiger partial charge in [-0.15, -0.1) is 0 Å². The average Bonchev–Trinajstić information content (AvgIpc) is 2.62. The van der Waals surface area contributed by atoms with Gasteiger partial charge in [-0.3, -0.25) is 0 Å². The van der Waals surface area contributed by atoms with Gasteiger partial charge in [-0.2, -0.15) is 0 Å². The normalized spacial score (nSPS) is 11.1. The number of hydrogen-bond donors (Lipinski definition) is 1. The van der Waals surface area contributed by atoms with E-state index in [-0.39, 0.29) is 0 Å². The first-order valence-electron chi connectivity index (χ1n) is 7.25. The van der Waals surface area contributed by atoms with Crippen LogP contribution in [-0.4, -0.2) is 7.05 Å². The molecule has 1 N–H and O–H groups in total. The molecule has 0 aliphatic carbocycles. The second-order valence-electron chi connectivity index (χ2n) is 5.05. The Hall–Kier alpha value is -2.31. The van der Waals surface area contributed by atoms with Gasteiger partial charge < -0.3 is 9.88 Å². The van der Waals surface area contributed by atoms with Crippen LogP contribution in [0.5, 0.6) is 0 Å². The molecule has 0 spiro atoms. The van der Waals surface area contributed by atoms with Crippen LogP contribution in [0.3, 0.4) is 0 Å². The van der Waals surface area contributed by atoms with Crippen LogP contribution in [0.15, 0.2) is 84.9 Å². The largest absolute Gasteiger partial charge is 0.387 e. The summed E-state index contributed by atoms with van der Waals surface area (Å²) in [5.41, 5.74) is 0.901. The van der Waals surface area contributed by atoms with Gasteiger partial charge in [0.15, 0.2) is 7.14 Å². The molecule has 0 saturated heterocycles. The van der Waals surface area contributed by atoms with Gasteiger partial charge in [0.2, 0.25) is 0 Å². The van der Waals surface area contributed by atoms with E-state index >= 15 is 0 Å². The Labute approximate surface area is 131 Å². The van der Waals surface area contributed by atoms with E-state index in [1.807, 2.05) is 92.0 Å². The van der Waals surface area contributed by atoms with Gasteiger partial charge in [-0.05, 0) is 12.1 Å². The first-order chi connectivity index (χ1) is 10.8. The summed E-state index contributed by atoms with van der Waals surface area (Å²) < 4.78 is 14.2. The topological polar surface area (TPSA) is 29.1 Å². The maximum absolute atomic E-state index is 14.2. The second-order valence-corrected chi connectivity index (χ2v) is 7.78. The smallest absolute Gasteiger partial charge is 0.173 e. The highest BCUT2D eigenvalue weighted by atomic mass is 31.2. The van der Waals surface area contributed by atoms with Gasteiger partial charge in [-0.1, -0.05) is 72.8 Å². The number of benzene rings is 3. The molecule has 3 aromatic carbocycles. The summed E-state index contributed by atoms with van der Waals surface area (Å²) in [5.74, 6) is 0. The fraction of sp³-hybridized carbons (Fsp3) is 0.0526. The third-order valence-corrected chi connectivity index (χ3v) is 6.87. The van der Waals surface area contributed by atoms with E-state index < -0.39 is 7.14 Å². The number of para-hydroxylation sites is 1. The molecule has 3 aromatic rings. The van der Waals surface area contributed by atoms with Crippen LogP contribution in [0.1, 0.15) is 0 Å². The molecule has 22 heavy (non-hydrogen) atoms. The van der Waals surface area contributed by atoms with Crippen molar-refractivity contribution in [1.82, 2.24) is 0 Å². The summed E-state index contributed by atoms with van der Waals surface area (Å²) in [6, 6.07) is 27.2. The molecule has 0 radical (unpaired) electrons. The minimum absolute atomic E-state index is 0.842. The molecule has 2 nitrogen and oxygen atoms in total. The average molecular weight is 307 g/mol. The van der Waals surface area contributed by atoms with Crippen LogP contribution in [0.25, 0.3) is 0 Å². The molecule has 0 bridgehead atoms. The van der Waals surface area contributed by atoms with Crippen LogP contribution >= 0.6 is 7.14 Å². The first-order valence-corrected chi connectivity index (χ1v) is 8.96. The van der Waals surface area contributed by atoms with Crippen LogP contribution in [0.4, 0.5) is 5.69 Å². The van der Waals surface area contributed by atoms with Crippen molar-refractivity contribution in [2.24, 2.45) is 0 Å². The summed E-state index contributed by atoms with van der Waals surface area (Å²) in [4.78, 5) is 0. The van der Waals surface area contributed by atoms with Gasteiger partial charge >= 0.3 is 0 Å². The van der Waals surface area contributed by atoms with E-state index in [1.54, 1.807) is 0 Å². The summed E-state index contributed by atoms with van der Waals surface area (Å²) in [6.45, 7) is 0. The highest BCUT2D eigenvalue weighted by Crippen LogP contribution is 2.44. The van der Waals surface area contributed by atoms with E-state index in [1.165, 1.54) is 0 Å². The molecular formula is C19H18NOP. The monoisotopic (exact) mass is 307 g/mol. The molecule has 0 saturated carbocycles. The van der Waals surface area contributed by atoms with Gasteiger partial charge in [0.25, 0.3) is 0 Å². The minimum Gasteiger partial charge on any atom is -0.387 e. The van der Waals surface area contributed by atoms with Gasteiger partial charge in [0.1, 0.15) is 0 Å². The number of hydrogen-bond acceptors (Lipinski definition) is 2. The lowest BCUT2D eigenvalue weighted by atomic mass is 10.3. The number of nitrogens with one attached hydrogen (secondary N) is 1. The maximum atomic E-state index is 14.2. The number of rotatable bonds is 4. The van der Waals surface area contributed by atoms with Crippen LogP contribution in [0.2, 0.25) is 0 Å². The molecule has 0 unspecified atom stereocenters. The highest BCUT2D eigenvalue weighted by Gasteiger charge is 2.31. The van der Waals surface area contributed by atoms with Crippen molar-refractivity contribution in [3.05, 3.63) is 84.9 Å². The van der Waals surface area contributed by atoms with Gasteiger partial charge in [0.05, 0.1) is 0 Å². The van der Waals surface area contributed by atoms with Crippen molar-refractivity contribution < 1.29 is 4.57 Å². The Morgan fingerprint density at radius 2 is 1.14 bits per heavy atom. The molecule has 0 atom stereocenters. The van der Waals surface area contributed by atoms with Gasteiger partial charge in [-0.25, -0.2) is 0 Å². The Bertz CT molecular complexity index is 756. The molecule has 0 amide bonds. The van der Waals surface area contributed by atoms with Crippen LogP contribution in [-0.2, 0) is 4.57 Å². The standard InChI is InChI=1S/C19H18NOP/c1-20-18-14-8-9-15-19(18)22(21,16-10-4-2-5-11-16)17-12-6-3-7-13-17/h2-15,20H,1H3. The fourth-order valence-electron chi connectivity index (χ4n) is 2.66. The predicted molar refractivity (Wildman–Crippen MR) is 95.4 cm³/mol. The summed E-state index contributed by atoms with van der Waals surface area (Å²) in [7, 11) is -1.03. The zero-order valence-electron chi connectivity index (χ0n) is 12.4. The minimum atomic E-state index is -2.89. The van der Waals surface area contributed by atoms with Crippen LogP contribution < -0.4 is 21.2 Å². The lowest BCUT2D eigenvalue weighted by molar-refractivity contribution is 0.592. The Morgan fingerprint density at radius 1 is 0.682 bits per heavy atom. The summed E-state index contributed by atoms with van der Waals surface area (Å²) >= 11 is 0. The third kappa shape index (κ3) is 2.47. The fourth-order valence-corrected chi connectivity index (χ4v) is 5.52. The van der Waals surface area contributed by atoms with Crippen molar-refractivity contribution in [2.75, 3.05) is 12.4 Å². The predicted octanol–water partition coefficient (Wildman–Crippen LogP) is 3.37. The number of anilines is 1. The summed E-state index contributed by atoms with van der Waals surface area (Å²) in [6.07, 6.45) is 0. The van der Waals surface area contributed by atoms with Gasteiger partial charge in [0, 0.05) is 28.6 Å². The molecule has 0 heterocycles. The van der Waals surface area contributed by atoms with E-state index in [0.717, 1.165) is 21.6 Å². The molecule has 0 aliphatic heterocycles. The van der Waals surface area contributed by atoms with Crippen molar-refractivity contribution in [1.29, 1.82) is 0 Å². The van der Waals surface area contributed by atoms with E-state index in [4.69, 9.17) is 0 Å². The molecule has 3 rings (SSSR count). The van der Waals surface area contributed by atoms with E-state index in [9.17, 15) is 4.57 Å². The molecule has 0 aliphatic rings. The molecule has 110 valence electrons. The van der Waals surface area contributed by atoms with Crippen molar-refractivity contribution in [3.8, 4) is 0 Å². The first kappa shape index (κ1) is 14.6. The van der Waals surface area contributed by atoms with E-state index in [0.29, 0.717) is 0 Å². The van der Waals surface area contributed by atoms with E-state index in [2.05, 4.69) is 5.32 Å². The maximum Gasteiger partial charge on any atom is 0.173 e. The highest BCUT2D eigenvalue weighted by molar-refractivity contribution is 7.85. The quantitative estimate of drug-likeness (QED) is 0.749. The Morgan fingerprint density at radius 3 is 1.64 bits per heavy atom. The molecule has 3 heteroatoms. The SMILES string of the molecule is CNc1ccccc1P(=O)(c1ccccc1)c1ccccc1. The molecule has 0 aromatic heterocycles.